The predicted molar refractivity (Wildman–Crippen MR) is 78.9 cm³/mol. The van der Waals surface area contributed by atoms with Gasteiger partial charge in [0.25, 0.3) is 0 Å². The Morgan fingerprint density at radius 3 is 1.95 bits per heavy atom. The van der Waals surface area contributed by atoms with Gasteiger partial charge in [-0.2, -0.15) is 0 Å². The smallest absolute Gasteiger partial charge is 0.372 e. The van der Waals surface area contributed by atoms with Crippen LogP contribution in [0.25, 0.3) is 0 Å². The molecule has 2 aromatic carbocycles. The fourth-order valence-corrected chi connectivity index (χ4v) is 2.22. The van der Waals surface area contributed by atoms with Crippen molar-refractivity contribution in [1.82, 2.24) is 0 Å². The molecule has 0 aliphatic carbocycles. The third-order valence-electron chi connectivity index (χ3n) is 3.37. The minimum atomic E-state index is -1.48. The van der Waals surface area contributed by atoms with Crippen molar-refractivity contribution in [1.29, 1.82) is 0 Å². The number of carboxylic acids is 2. The fourth-order valence-electron chi connectivity index (χ4n) is 2.22. The topological polar surface area (TPSA) is 91.7 Å². The van der Waals surface area contributed by atoms with E-state index in [2.05, 4.69) is 0 Å². The fraction of sp³-hybridized carbons (Fsp3) is 0.118. The van der Waals surface area contributed by atoms with Gasteiger partial charge in [0, 0.05) is 0 Å². The zero-order valence-corrected chi connectivity index (χ0v) is 11.6. The van der Waals surface area contributed by atoms with Gasteiger partial charge in [0.05, 0.1) is 11.5 Å². The number of carbonyl (C=O) groups excluding carboxylic acids is 1. The highest BCUT2D eigenvalue weighted by atomic mass is 16.4. The van der Waals surface area contributed by atoms with Gasteiger partial charge in [-0.05, 0) is 29.7 Å². The molecule has 2 aromatic rings. The van der Waals surface area contributed by atoms with Crippen molar-refractivity contribution < 1.29 is 24.6 Å². The molecular weight excluding hydrogens is 284 g/mol. The van der Waals surface area contributed by atoms with E-state index in [0.717, 1.165) is 0 Å². The average Bonchev–Trinajstić information content (AvgIpc) is 2.53. The lowest BCUT2D eigenvalue weighted by atomic mass is 9.88. The lowest BCUT2D eigenvalue weighted by molar-refractivity contribution is -0.149. The van der Waals surface area contributed by atoms with Crippen LogP contribution in [-0.2, 0) is 16.0 Å². The normalized spacial score (nSPS) is 11.6. The van der Waals surface area contributed by atoms with E-state index in [9.17, 15) is 14.4 Å². The summed E-state index contributed by atoms with van der Waals surface area (Å²) in [7, 11) is 0. The van der Waals surface area contributed by atoms with Gasteiger partial charge >= 0.3 is 11.9 Å². The van der Waals surface area contributed by atoms with Crippen LogP contribution in [0.5, 0.6) is 0 Å². The summed E-state index contributed by atoms with van der Waals surface area (Å²) in [6.07, 6.45) is 0.203. The van der Waals surface area contributed by atoms with Gasteiger partial charge in [-0.25, -0.2) is 9.59 Å². The Kier molecular flexibility index (Phi) is 4.68. The number of benzene rings is 2. The van der Waals surface area contributed by atoms with Crippen molar-refractivity contribution in [2.45, 2.75) is 12.3 Å². The Balaban J connectivity index is 2.28. The van der Waals surface area contributed by atoms with E-state index in [1.807, 2.05) is 0 Å². The van der Waals surface area contributed by atoms with Crippen molar-refractivity contribution in [2.75, 3.05) is 0 Å². The van der Waals surface area contributed by atoms with Gasteiger partial charge < -0.3 is 10.2 Å². The van der Waals surface area contributed by atoms with Gasteiger partial charge in [-0.1, -0.05) is 42.5 Å². The minimum absolute atomic E-state index is 0.143. The molecule has 0 saturated carbocycles. The Bertz CT molecular complexity index is 689. The van der Waals surface area contributed by atoms with E-state index in [-0.39, 0.29) is 12.0 Å². The minimum Gasteiger partial charge on any atom is -0.478 e. The van der Waals surface area contributed by atoms with Crippen LogP contribution >= 0.6 is 0 Å². The maximum Gasteiger partial charge on any atom is 0.372 e. The third kappa shape index (κ3) is 3.58. The monoisotopic (exact) mass is 298 g/mol. The average molecular weight is 298 g/mol. The van der Waals surface area contributed by atoms with Crippen LogP contribution in [0, 0.1) is 0 Å². The summed E-state index contributed by atoms with van der Waals surface area (Å²) in [6, 6.07) is 14.7. The van der Waals surface area contributed by atoms with Crippen LogP contribution in [0.15, 0.2) is 54.6 Å². The van der Waals surface area contributed by atoms with Crippen LogP contribution in [0.2, 0.25) is 0 Å². The number of carbonyl (C=O) groups is 3. The molecule has 0 aliphatic heterocycles. The van der Waals surface area contributed by atoms with Gasteiger partial charge in [0.2, 0.25) is 5.78 Å². The quantitative estimate of drug-likeness (QED) is 0.799. The first-order valence-electron chi connectivity index (χ1n) is 6.63. The lowest BCUT2D eigenvalue weighted by Crippen LogP contribution is -2.23. The van der Waals surface area contributed by atoms with Crippen LogP contribution in [0.4, 0.5) is 0 Å². The Morgan fingerprint density at radius 1 is 0.864 bits per heavy atom. The molecule has 0 aliphatic rings. The summed E-state index contributed by atoms with van der Waals surface area (Å²) in [5.74, 6) is -4.19. The largest absolute Gasteiger partial charge is 0.478 e. The highest BCUT2D eigenvalue weighted by Crippen LogP contribution is 2.22. The molecule has 0 bridgehead atoms. The van der Waals surface area contributed by atoms with Crippen molar-refractivity contribution >= 4 is 17.7 Å². The first-order chi connectivity index (χ1) is 10.5. The standard InChI is InChI=1S/C17H14O5/c18-15(17(21)22)14(12-4-2-1-3-5-12)10-11-6-8-13(9-7-11)16(19)20/h1-9,14H,10H2,(H,19,20)(H,21,22). The van der Waals surface area contributed by atoms with Crippen LogP contribution in [-0.4, -0.2) is 27.9 Å². The number of Topliss-reactive ketones (excluding diaryl/α,β-unsaturated/α-hetero) is 1. The van der Waals surface area contributed by atoms with E-state index in [4.69, 9.17) is 10.2 Å². The SMILES string of the molecule is O=C(O)C(=O)C(Cc1ccc(C(=O)O)cc1)c1ccccc1. The molecule has 2 N–H and O–H groups in total. The summed E-state index contributed by atoms with van der Waals surface area (Å²) in [4.78, 5) is 33.8. The van der Waals surface area contributed by atoms with Gasteiger partial charge in [-0.3, -0.25) is 4.79 Å². The van der Waals surface area contributed by atoms with Crippen LogP contribution in [0.3, 0.4) is 0 Å². The van der Waals surface area contributed by atoms with Crippen molar-refractivity contribution in [3.8, 4) is 0 Å². The van der Waals surface area contributed by atoms with Crippen molar-refractivity contribution in [3.05, 3.63) is 71.3 Å². The number of aliphatic carboxylic acids is 1. The number of carboxylic acid groups (broad SMARTS) is 2. The Morgan fingerprint density at radius 2 is 1.45 bits per heavy atom. The zero-order valence-electron chi connectivity index (χ0n) is 11.6. The summed E-state index contributed by atoms with van der Waals surface area (Å²) in [5, 5.41) is 17.8. The van der Waals surface area contributed by atoms with Crippen LogP contribution < -0.4 is 0 Å². The zero-order chi connectivity index (χ0) is 16.1. The van der Waals surface area contributed by atoms with Gasteiger partial charge in [-0.15, -0.1) is 0 Å². The first kappa shape index (κ1) is 15.4. The predicted octanol–water partition coefficient (Wildman–Crippen LogP) is 2.36. The molecule has 0 saturated heterocycles. The van der Waals surface area contributed by atoms with E-state index in [0.29, 0.717) is 11.1 Å². The molecule has 0 heterocycles. The van der Waals surface area contributed by atoms with E-state index in [1.54, 1.807) is 42.5 Å². The van der Waals surface area contributed by atoms with Gasteiger partial charge in [0.15, 0.2) is 0 Å². The molecule has 2 rings (SSSR count). The molecule has 0 radical (unpaired) electrons. The molecule has 0 aromatic heterocycles. The van der Waals surface area contributed by atoms with Crippen molar-refractivity contribution in [3.63, 3.8) is 0 Å². The van der Waals surface area contributed by atoms with Gasteiger partial charge in [0.1, 0.15) is 0 Å². The van der Waals surface area contributed by atoms with Crippen molar-refractivity contribution in [2.24, 2.45) is 0 Å². The maximum absolute atomic E-state index is 11.9. The summed E-state index contributed by atoms with van der Waals surface area (Å²) in [5.41, 5.74) is 1.47. The number of hydrogen-bond acceptors (Lipinski definition) is 3. The summed E-state index contributed by atoms with van der Waals surface area (Å²) >= 11 is 0. The molecule has 0 amide bonds. The van der Waals surface area contributed by atoms with E-state index >= 15 is 0 Å². The number of rotatable bonds is 6. The molecule has 5 heteroatoms. The number of hydrogen-bond donors (Lipinski definition) is 2. The second-order valence-corrected chi connectivity index (χ2v) is 4.84. The lowest BCUT2D eigenvalue weighted by Gasteiger charge is -2.14. The molecule has 5 nitrogen and oxygen atoms in total. The molecule has 22 heavy (non-hydrogen) atoms. The summed E-state index contributed by atoms with van der Waals surface area (Å²) < 4.78 is 0. The molecular formula is C17H14O5. The van der Waals surface area contributed by atoms with Crippen LogP contribution in [0.1, 0.15) is 27.4 Å². The maximum atomic E-state index is 11.9. The number of aromatic carboxylic acids is 1. The highest BCUT2D eigenvalue weighted by molar-refractivity contribution is 6.35. The Labute approximate surface area is 126 Å². The highest BCUT2D eigenvalue weighted by Gasteiger charge is 2.26. The Hall–Kier alpha value is -2.95. The summed E-state index contributed by atoms with van der Waals surface area (Å²) in [6.45, 7) is 0. The first-order valence-corrected chi connectivity index (χ1v) is 6.63. The van der Waals surface area contributed by atoms with E-state index in [1.165, 1.54) is 12.1 Å². The van der Waals surface area contributed by atoms with E-state index < -0.39 is 23.6 Å². The second kappa shape index (κ2) is 6.67. The molecule has 1 atom stereocenters. The molecule has 1 unspecified atom stereocenters. The molecule has 112 valence electrons. The molecule has 0 fully saturated rings. The second-order valence-electron chi connectivity index (χ2n) is 4.84. The third-order valence-corrected chi connectivity index (χ3v) is 3.37. The molecule has 0 spiro atoms. The number of ketones is 1.